The van der Waals surface area contributed by atoms with Crippen LogP contribution in [0.3, 0.4) is 0 Å². The molecular weight excluding hydrogens is 282 g/mol. The number of nitrogens with zero attached hydrogens (tertiary/aromatic N) is 3. The van der Waals surface area contributed by atoms with Gasteiger partial charge in [0.05, 0.1) is 29.2 Å². The van der Waals surface area contributed by atoms with Crippen molar-refractivity contribution < 1.29 is 0 Å². The van der Waals surface area contributed by atoms with E-state index in [0.717, 1.165) is 22.3 Å². The first kappa shape index (κ1) is 15.2. The normalized spacial score (nSPS) is 9.63. The van der Waals surface area contributed by atoms with Crippen LogP contribution in [0, 0.1) is 16.7 Å². The van der Waals surface area contributed by atoms with E-state index in [4.69, 9.17) is 16.4 Å². The lowest BCUT2D eigenvalue weighted by atomic mass is 10.1. The third-order valence-electron chi connectivity index (χ3n) is 2.34. The molecule has 2 heterocycles. The quantitative estimate of drug-likeness (QED) is 0.668. The van der Waals surface area contributed by atoms with Crippen molar-refractivity contribution in [2.75, 3.05) is 0 Å². The highest BCUT2D eigenvalue weighted by atomic mass is 35.5. The van der Waals surface area contributed by atoms with Gasteiger partial charge < -0.3 is 5.73 Å². The molecule has 0 amide bonds. The minimum Gasteiger partial charge on any atom is -0.379 e. The van der Waals surface area contributed by atoms with Crippen molar-refractivity contribution in [1.82, 2.24) is 9.97 Å². The Morgan fingerprint density at radius 3 is 3.00 bits per heavy atom. The van der Waals surface area contributed by atoms with Gasteiger partial charge in [0.15, 0.2) is 5.17 Å². The van der Waals surface area contributed by atoms with Crippen LogP contribution < -0.4 is 5.73 Å². The van der Waals surface area contributed by atoms with Crippen molar-refractivity contribution in [3.8, 4) is 6.07 Å². The van der Waals surface area contributed by atoms with Crippen LogP contribution in [0.2, 0.25) is 0 Å². The van der Waals surface area contributed by atoms with Gasteiger partial charge in [-0.1, -0.05) is 11.8 Å². The molecule has 0 saturated heterocycles. The Morgan fingerprint density at radius 2 is 2.32 bits per heavy atom. The van der Waals surface area contributed by atoms with Gasteiger partial charge >= 0.3 is 0 Å². The second-order valence-corrected chi connectivity index (χ2v) is 4.65. The topological polar surface area (TPSA) is 99.4 Å². The Balaban J connectivity index is 0.00000180. The number of aromatic nitrogens is 2. The van der Waals surface area contributed by atoms with E-state index in [1.54, 1.807) is 6.20 Å². The molecule has 0 unspecified atom stereocenters. The van der Waals surface area contributed by atoms with E-state index >= 15 is 0 Å². The summed E-state index contributed by atoms with van der Waals surface area (Å²) in [6, 6.07) is 7.62. The zero-order chi connectivity index (χ0) is 13.0. The Kier molecular flexibility index (Phi) is 5.55. The van der Waals surface area contributed by atoms with Crippen molar-refractivity contribution in [1.29, 1.82) is 10.7 Å². The van der Waals surface area contributed by atoms with E-state index in [9.17, 15) is 0 Å². The number of nitrogens with two attached hydrogens (primary N) is 1. The summed E-state index contributed by atoms with van der Waals surface area (Å²) in [4.78, 5) is 8.66. The summed E-state index contributed by atoms with van der Waals surface area (Å²) in [6.45, 7) is 0. The van der Waals surface area contributed by atoms with Crippen LogP contribution >= 0.6 is 24.2 Å². The van der Waals surface area contributed by atoms with Crippen LogP contribution in [0.25, 0.3) is 11.0 Å². The molecule has 0 bridgehead atoms. The number of hydrogen-bond acceptors (Lipinski definition) is 5. The third kappa shape index (κ3) is 3.81. The Morgan fingerprint density at radius 1 is 1.53 bits per heavy atom. The lowest BCUT2D eigenvalue weighted by Crippen LogP contribution is -2.04. The molecule has 0 radical (unpaired) electrons. The molecule has 0 fully saturated rings. The van der Waals surface area contributed by atoms with Crippen molar-refractivity contribution in [3.05, 3.63) is 35.7 Å². The lowest BCUT2D eigenvalue weighted by molar-refractivity contribution is 1.12. The SMILES string of the molecule is Cl.N#CCc1cc(CSC(=N)N)c2ncccc2n1. The number of nitriles is 1. The first-order valence-corrected chi connectivity index (χ1v) is 6.26. The Labute approximate surface area is 121 Å². The number of nitrogens with one attached hydrogen (secondary N) is 1. The van der Waals surface area contributed by atoms with Gasteiger partial charge in [0.25, 0.3) is 0 Å². The summed E-state index contributed by atoms with van der Waals surface area (Å²) >= 11 is 1.24. The summed E-state index contributed by atoms with van der Waals surface area (Å²) in [6.07, 6.45) is 1.97. The number of rotatable bonds is 3. The summed E-state index contributed by atoms with van der Waals surface area (Å²) in [5.41, 5.74) is 8.58. The fraction of sp³-hybridized carbons (Fsp3) is 0.167. The molecule has 2 rings (SSSR count). The fourth-order valence-corrected chi connectivity index (χ4v) is 2.16. The van der Waals surface area contributed by atoms with E-state index < -0.39 is 0 Å². The van der Waals surface area contributed by atoms with E-state index in [1.807, 2.05) is 18.2 Å². The molecular formula is C12H12ClN5S. The largest absolute Gasteiger partial charge is 0.379 e. The molecule has 3 N–H and O–H groups in total. The first-order valence-electron chi connectivity index (χ1n) is 5.28. The summed E-state index contributed by atoms with van der Waals surface area (Å²) < 4.78 is 0. The predicted octanol–water partition coefficient (Wildman–Crippen LogP) is 2.24. The fourth-order valence-electron chi connectivity index (χ4n) is 1.63. The van der Waals surface area contributed by atoms with Gasteiger partial charge in [-0.2, -0.15) is 5.26 Å². The molecule has 0 aromatic carbocycles. The minimum atomic E-state index is 0. The van der Waals surface area contributed by atoms with E-state index in [1.165, 1.54) is 11.8 Å². The monoisotopic (exact) mass is 293 g/mol. The molecule has 5 nitrogen and oxygen atoms in total. The van der Waals surface area contributed by atoms with Gasteiger partial charge in [0.2, 0.25) is 0 Å². The standard InChI is InChI=1S/C12H11N5S.ClH/c13-4-3-9-6-8(7-18-12(14)15)11-10(17-9)2-1-5-16-11;/h1-2,5-6H,3,7H2,(H3,14,15);1H. The molecule has 0 atom stereocenters. The predicted molar refractivity (Wildman–Crippen MR) is 79.3 cm³/mol. The molecule has 19 heavy (non-hydrogen) atoms. The number of amidine groups is 1. The summed E-state index contributed by atoms with van der Waals surface area (Å²) in [5, 5.41) is 16.0. The maximum absolute atomic E-state index is 8.74. The summed E-state index contributed by atoms with van der Waals surface area (Å²) in [7, 11) is 0. The van der Waals surface area contributed by atoms with Gasteiger partial charge in [-0.15, -0.1) is 12.4 Å². The van der Waals surface area contributed by atoms with Crippen LogP contribution in [0.5, 0.6) is 0 Å². The molecule has 7 heteroatoms. The highest BCUT2D eigenvalue weighted by Gasteiger charge is 2.07. The molecule has 0 aliphatic heterocycles. The van der Waals surface area contributed by atoms with Crippen LogP contribution in [0.15, 0.2) is 24.4 Å². The van der Waals surface area contributed by atoms with Gasteiger partial charge in [0.1, 0.15) is 0 Å². The summed E-state index contributed by atoms with van der Waals surface area (Å²) in [5.74, 6) is 0.559. The maximum Gasteiger partial charge on any atom is 0.151 e. The Hall–Kier alpha value is -1.84. The smallest absolute Gasteiger partial charge is 0.151 e. The highest BCUT2D eigenvalue weighted by Crippen LogP contribution is 2.21. The van der Waals surface area contributed by atoms with Crippen molar-refractivity contribution in [3.63, 3.8) is 0 Å². The average Bonchev–Trinajstić information content (AvgIpc) is 2.36. The van der Waals surface area contributed by atoms with Gasteiger partial charge in [0, 0.05) is 11.9 Å². The van der Waals surface area contributed by atoms with Crippen molar-refractivity contribution >= 4 is 40.4 Å². The van der Waals surface area contributed by atoms with Crippen LogP contribution in [0.4, 0.5) is 0 Å². The van der Waals surface area contributed by atoms with Gasteiger partial charge in [-0.3, -0.25) is 15.4 Å². The molecule has 0 spiro atoms. The van der Waals surface area contributed by atoms with E-state index in [2.05, 4.69) is 16.0 Å². The zero-order valence-electron chi connectivity index (χ0n) is 9.96. The number of thioether (sulfide) groups is 1. The minimum absolute atomic E-state index is 0. The van der Waals surface area contributed by atoms with Crippen LogP contribution in [0.1, 0.15) is 11.3 Å². The number of halogens is 1. The lowest BCUT2D eigenvalue weighted by Gasteiger charge is -2.06. The van der Waals surface area contributed by atoms with Crippen molar-refractivity contribution in [2.45, 2.75) is 12.2 Å². The molecule has 0 aliphatic carbocycles. The maximum atomic E-state index is 8.74. The average molecular weight is 294 g/mol. The first-order chi connectivity index (χ1) is 8.70. The number of fused-ring (bicyclic) bond motifs is 1. The van der Waals surface area contributed by atoms with E-state index in [0.29, 0.717) is 5.75 Å². The van der Waals surface area contributed by atoms with Gasteiger partial charge in [-0.05, 0) is 23.8 Å². The van der Waals surface area contributed by atoms with Crippen molar-refractivity contribution in [2.24, 2.45) is 5.73 Å². The molecule has 98 valence electrons. The third-order valence-corrected chi connectivity index (χ3v) is 3.11. The van der Waals surface area contributed by atoms with E-state index in [-0.39, 0.29) is 24.0 Å². The molecule has 2 aromatic rings. The van der Waals surface area contributed by atoms with Crippen LogP contribution in [-0.4, -0.2) is 15.1 Å². The zero-order valence-corrected chi connectivity index (χ0v) is 11.6. The molecule has 0 saturated carbocycles. The molecule has 0 aliphatic rings. The highest BCUT2D eigenvalue weighted by molar-refractivity contribution is 8.13. The van der Waals surface area contributed by atoms with Crippen LogP contribution in [-0.2, 0) is 12.2 Å². The second-order valence-electron chi connectivity index (χ2n) is 3.63. The van der Waals surface area contributed by atoms with Gasteiger partial charge in [-0.25, -0.2) is 0 Å². The number of hydrogen-bond donors (Lipinski definition) is 2. The molecule has 2 aromatic heterocycles. The second kappa shape index (κ2) is 6.92. The Bertz CT molecular complexity index is 638. The number of pyridine rings is 2.